The Morgan fingerprint density at radius 1 is 1.03 bits per heavy atom. The molecule has 0 unspecified atom stereocenters. The van der Waals surface area contributed by atoms with Gasteiger partial charge in [-0.25, -0.2) is 4.79 Å². The highest BCUT2D eigenvalue weighted by Crippen LogP contribution is 2.39. The van der Waals surface area contributed by atoms with E-state index in [1.165, 1.54) is 0 Å². The minimum atomic E-state index is -0.735. The van der Waals surface area contributed by atoms with E-state index in [2.05, 4.69) is 28.9 Å². The van der Waals surface area contributed by atoms with Crippen molar-refractivity contribution in [2.75, 3.05) is 15.5 Å². The molecule has 0 bridgehead atoms. The predicted octanol–water partition coefficient (Wildman–Crippen LogP) is 5.86. The summed E-state index contributed by atoms with van der Waals surface area (Å²) in [4.78, 5) is 39.6. The maximum absolute atomic E-state index is 12.9. The quantitative estimate of drug-likeness (QED) is 0.435. The number of carbonyl (C=O) groups is 3. The molecule has 2 aromatic carbocycles. The van der Waals surface area contributed by atoms with E-state index in [1.54, 1.807) is 20.8 Å². The third-order valence-electron chi connectivity index (χ3n) is 6.28. The number of hydrogen-bond donors (Lipinski definition) is 3. The average Bonchev–Trinajstić information content (AvgIpc) is 2.82. The van der Waals surface area contributed by atoms with Gasteiger partial charge in [0, 0.05) is 29.5 Å². The first kappa shape index (κ1) is 28.0. The lowest BCUT2D eigenvalue weighted by Gasteiger charge is -2.40. The van der Waals surface area contributed by atoms with Gasteiger partial charge in [-0.05, 0) is 75.9 Å². The van der Waals surface area contributed by atoms with Crippen molar-refractivity contribution in [2.45, 2.75) is 85.0 Å². The van der Waals surface area contributed by atoms with Crippen LogP contribution in [0.1, 0.15) is 72.9 Å². The largest absolute Gasteiger partial charge is 0.444 e. The summed E-state index contributed by atoms with van der Waals surface area (Å²) < 4.78 is 5.31. The zero-order chi connectivity index (χ0) is 27.3. The van der Waals surface area contributed by atoms with E-state index >= 15 is 0 Å². The van der Waals surface area contributed by atoms with Gasteiger partial charge in [-0.3, -0.25) is 9.59 Å². The van der Waals surface area contributed by atoms with E-state index in [0.717, 1.165) is 23.4 Å². The monoisotopic (exact) mass is 508 g/mol. The molecule has 3 rings (SSSR count). The lowest BCUT2D eigenvalue weighted by Crippen LogP contribution is -2.48. The minimum Gasteiger partial charge on any atom is -0.444 e. The first-order valence-electron chi connectivity index (χ1n) is 13.0. The van der Waals surface area contributed by atoms with E-state index in [9.17, 15) is 14.4 Å². The molecule has 8 heteroatoms. The molecular weight excluding hydrogens is 468 g/mol. The Labute approximate surface area is 220 Å². The molecular formula is C29H40N4O4. The molecule has 0 aromatic heterocycles. The zero-order valence-corrected chi connectivity index (χ0v) is 22.9. The number of benzene rings is 2. The minimum absolute atomic E-state index is 0.0518. The Morgan fingerprint density at radius 2 is 1.65 bits per heavy atom. The molecule has 0 saturated carbocycles. The van der Waals surface area contributed by atoms with Crippen molar-refractivity contribution in [1.29, 1.82) is 0 Å². The molecule has 2 aromatic rings. The summed E-state index contributed by atoms with van der Waals surface area (Å²) in [5, 5.41) is 9.15. The van der Waals surface area contributed by atoms with Crippen LogP contribution in [0, 0.1) is 5.92 Å². The molecule has 3 N–H and O–H groups in total. The van der Waals surface area contributed by atoms with Crippen LogP contribution in [0.25, 0.3) is 0 Å². The van der Waals surface area contributed by atoms with Gasteiger partial charge in [-0.1, -0.05) is 39.0 Å². The highest BCUT2D eigenvalue weighted by atomic mass is 16.6. The fourth-order valence-electron chi connectivity index (χ4n) is 4.54. The molecule has 0 spiro atoms. The fraction of sp³-hybridized carbons (Fsp3) is 0.483. The number of ether oxygens (including phenoxy) is 1. The normalized spacial score (nSPS) is 18.0. The second-order valence-corrected chi connectivity index (χ2v) is 10.9. The van der Waals surface area contributed by atoms with Gasteiger partial charge in [0.2, 0.25) is 11.8 Å². The van der Waals surface area contributed by atoms with Crippen LogP contribution in [-0.2, 0) is 14.3 Å². The van der Waals surface area contributed by atoms with Gasteiger partial charge in [-0.15, -0.1) is 0 Å². The molecule has 1 aliphatic rings. The molecule has 1 aliphatic heterocycles. The second-order valence-electron chi connectivity index (χ2n) is 10.9. The highest BCUT2D eigenvalue weighted by Gasteiger charge is 2.33. The Balaban J connectivity index is 1.68. The number of anilines is 3. The van der Waals surface area contributed by atoms with E-state index in [4.69, 9.17) is 4.74 Å². The SMILES string of the molecule is CCC(=O)N1c2ccccc2[C@H](Nc2ccc(NC(=O)[C@@H](NC(=O)OC(C)(C)C)C(C)C)cc2)C[C@@H]1C. The molecule has 200 valence electrons. The van der Waals surface area contributed by atoms with Crippen LogP contribution < -0.4 is 20.9 Å². The average molecular weight is 509 g/mol. The van der Waals surface area contributed by atoms with Crippen LogP contribution in [0.15, 0.2) is 48.5 Å². The molecule has 8 nitrogen and oxygen atoms in total. The number of amides is 3. The van der Waals surface area contributed by atoms with Crippen LogP contribution in [0.2, 0.25) is 0 Å². The van der Waals surface area contributed by atoms with Crippen molar-refractivity contribution in [3.63, 3.8) is 0 Å². The Morgan fingerprint density at radius 3 is 2.24 bits per heavy atom. The number of rotatable bonds is 7. The molecule has 0 fully saturated rings. The summed E-state index contributed by atoms with van der Waals surface area (Å²) in [6.45, 7) is 13.0. The standard InChI is InChI=1S/C29H40N4O4/c1-8-25(34)33-19(4)17-23(22-11-9-10-12-24(22)33)30-20-13-15-21(16-14-20)31-27(35)26(18(2)3)32-28(36)37-29(5,6)7/h9-16,18-19,23,26,30H,8,17H2,1-7H3,(H,31,35)(H,32,36)/t19-,23+,26-/m0/s1. The Bertz CT molecular complexity index is 1110. The predicted molar refractivity (Wildman–Crippen MR) is 148 cm³/mol. The summed E-state index contributed by atoms with van der Waals surface area (Å²) in [5.74, 6) is -0.308. The molecule has 0 saturated heterocycles. The van der Waals surface area contributed by atoms with E-state index in [0.29, 0.717) is 12.1 Å². The van der Waals surface area contributed by atoms with Crippen LogP contribution >= 0.6 is 0 Å². The Kier molecular flexibility index (Phi) is 8.84. The maximum Gasteiger partial charge on any atom is 0.408 e. The van der Waals surface area contributed by atoms with Gasteiger partial charge < -0.3 is 25.6 Å². The second kappa shape index (κ2) is 11.7. The molecule has 3 amide bonds. The molecule has 0 radical (unpaired) electrons. The molecule has 1 heterocycles. The maximum atomic E-state index is 12.9. The van der Waals surface area contributed by atoms with Gasteiger partial charge in [0.25, 0.3) is 0 Å². The Hall–Kier alpha value is -3.55. The summed E-state index contributed by atoms with van der Waals surface area (Å²) in [6.07, 6.45) is 0.629. The van der Waals surface area contributed by atoms with Crippen molar-refractivity contribution >= 4 is 35.0 Å². The number of carbonyl (C=O) groups excluding carboxylic acids is 3. The van der Waals surface area contributed by atoms with Crippen LogP contribution in [0.4, 0.5) is 21.9 Å². The fourth-order valence-corrected chi connectivity index (χ4v) is 4.54. The number of alkyl carbamates (subject to hydrolysis) is 1. The van der Waals surface area contributed by atoms with Crippen molar-refractivity contribution in [1.82, 2.24) is 5.32 Å². The summed E-state index contributed by atoms with van der Waals surface area (Å²) in [5.41, 5.74) is 2.93. The van der Waals surface area contributed by atoms with E-state index < -0.39 is 17.7 Å². The van der Waals surface area contributed by atoms with Crippen LogP contribution in [0.3, 0.4) is 0 Å². The lowest BCUT2D eigenvalue weighted by atomic mass is 9.91. The highest BCUT2D eigenvalue weighted by molar-refractivity contribution is 5.97. The van der Waals surface area contributed by atoms with Crippen LogP contribution in [-0.4, -0.2) is 35.6 Å². The molecule has 3 atom stereocenters. The van der Waals surface area contributed by atoms with E-state index in [1.807, 2.05) is 68.1 Å². The van der Waals surface area contributed by atoms with Crippen molar-refractivity contribution in [3.05, 3.63) is 54.1 Å². The number of nitrogens with zero attached hydrogens (tertiary/aromatic N) is 1. The smallest absolute Gasteiger partial charge is 0.408 e. The topological polar surface area (TPSA) is 99.8 Å². The van der Waals surface area contributed by atoms with Crippen molar-refractivity contribution in [2.24, 2.45) is 5.92 Å². The number of fused-ring (bicyclic) bond motifs is 1. The lowest BCUT2D eigenvalue weighted by molar-refractivity contribution is -0.119. The van der Waals surface area contributed by atoms with Gasteiger partial charge >= 0.3 is 6.09 Å². The van der Waals surface area contributed by atoms with Gasteiger partial charge in [-0.2, -0.15) is 0 Å². The van der Waals surface area contributed by atoms with Crippen LogP contribution in [0.5, 0.6) is 0 Å². The number of hydrogen-bond acceptors (Lipinski definition) is 5. The van der Waals surface area contributed by atoms with Gasteiger partial charge in [0.1, 0.15) is 11.6 Å². The third kappa shape index (κ3) is 7.24. The van der Waals surface area contributed by atoms with Crippen molar-refractivity contribution in [3.8, 4) is 0 Å². The molecule has 37 heavy (non-hydrogen) atoms. The zero-order valence-electron chi connectivity index (χ0n) is 22.9. The summed E-state index contributed by atoms with van der Waals surface area (Å²) in [6, 6.07) is 14.9. The first-order chi connectivity index (χ1) is 17.4. The summed E-state index contributed by atoms with van der Waals surface area (Å²) in [7, 11) is 0. The van der Waals surface area contributed by atoms with Gasteiger partial charge in [0.15, 0.2) is 0 Å². The number of para-hydroxylation sites is 1. The first-order valence-corrected chi connectivity index (χ1v) is 13.0. The van der Waals surface area contributed by atoms with Crippen molar-refractivity contribution < 1.29 is 19.1 Å². The summed E-state index contributed by atoms with van der Waals surface area (Å²) >= 11 is 0. The molecule has 0 aliphatic carbocycles. The number of nitrogens with one attached hydrogen (secondary N) is 3. The third-order valence-corrected chi connectivity index (χ3v) is 6.28. The van der Waals surface area contributed by atoms with Gasteiger partial charge in [0.05, 0.1) is 6.04 Å². The van der Waals surface area contributed by atoms with E-state index in [-0.39, 0.29) is 29.8 Å².